The molecule has 2 aliphatic rings. The van der Waals surface area contributed by atoms with E-state index in [-0.39, 0.29) is 0 Å². The summed E-state index contributed by atoms with van der Waals surface area (Å²) in [6, 6.07) is 66.4. The quantitative estimate of drug-likeness (QED) is 0.180. The van der Waals surface area contributed by atoms with Crippen molar-refractivity contribution in [2.75, 3.05) is 0 Å². The van der Waals surface area contributed by atoms with Gasteiger partial charge < -0.3 is 4.74 Å². The van der Waals surface area contributed by atoms with Crippen LogP contribution in [-0.2, 0) is 5.41 Å². The van der Waals surface area contributed by atoms with Crippen LogP contribution in [0.2, 0.25) is 0 Å². The van der Waals surface area contributed by atoms with Crippen molar-refractivity contribution in [3.05, 3.63) is 210 Å². The summed E-state index contributed by atoms with van der Waals surface area (Å²) in [5.74, 6) is 3.69. The SMILES string of the molecule is c1ccc(-c2ccc(-c3nc(-c4ccccc4)nc(-c4cccc5c4sc4ccc6c(c45)Oc4ccccc4C64c5ccccc5-c5ccccc54)n3)cc2)cc1. The maximum atomic E-state index is 7.08. The number of hydrogen-bond acceptors (Lipinski definition) is 5. The van der Waals surface area contributed by atoms with E-state index in [9.17, 15) is 0 Å². The van der Waals surface area contributed by atoms with Crippen LogP contribution in [0.4, 0.5) is 0 Å². The normalized spacial score (nSPS) is 13.2. The minimum atomic E-state index is -0.527. The van der Waals surface area contributed by atoms with E-state index >= 15 is 0 Å². The highest BCUT2D eigenvalue weighted by Gasteiger charge is 2.51. The lowest BCUT2D eigenvalue weighted by Gasteiger charge is -2.39. The Balaban J connectivity index is 1.08. The minimum Gasteiger partial charge on any atom is -0.456 e. The Morgan fingerprint density at radius 1 is 0.386 bits per heavy atom. The van der Waals surface area contributed by atoms with Crippen molar-refractivity contribution in [2.24, 2.45) is 0 Å². The molecular formula is C52H31N3OS. The summed E-state index contributed by atoms with van der Waals surface area (Å²) < 4.78 is 9.34. The molecule has 0 radical (unpaired) electrons. The van der Waals surface area contributed by atoms with Gasteiger partial charge in [-0.3, -0.25) is 0 Å². The molecule has 0 fully saturated rings. The first-order valence-corrected chi connectivity index (χ1v) is 20.0. The zero-order chi connectivity index (χ0) is 37.5. The standard InChI is InChI=1S/C52H31N3OS/c1-3-14-32(15-4-1)33-26-28-35(29-27-33)50-53-49(34-16-5-2-6-17-34)54-51(55-50)39-21-13-20-38-46-45(57-48(38)39)31-30-43-47(46)56-44-25-12-11-24-42(44)52(43)40-22-9-7-18-36(40)37-19-8-10-23-41(37)52/h1-31H. The second kappa shape index (κ2) is 12.4. The largest absolute Gasteiger partial charge is 0.456 e. The third-order valence-corrected chi connectivity index (χ3v) is 12.8. The Kier molecular flexibility index (Phi) is 6.98. The van der Waals surface area contributed by atoms with Gasteiger partial charge in [-0.15, -0.1) is 11.3 Å². The van der Waals surface area contributed by atoms with Gasteiger partial charge in [0.25, 0.3) is 0 Å². The number of benzene rings is 8. The lowest BCUT2D eigenvalue weighted by molar-refractivity contribution is 0.442. The van der Waals surface area contributed by atoms with E-state index in [4.69, 9.17) is 19.7 Å². The van der Waals surface area contributed by atoms with Gasteiger partial charge in [0.1, 0.15) is 11.5 Å². The minimum absolute atomic E-state index is 0.527. The van der Waals surface area contributed by atoms with Crippen LogP contribution in [0.5, 0.6) is 11.5 Å². The molecule has 10 aromatic rings. The maximum Gasteiger partial charge on any atom is 0.165 e. The number of hydrogen-bond donors (Lipinski definition) is 0. The van der Waals surface area contributed by atoms with Crippen LogP contribution in [0, 0.1) is 0 Å². The van der Waals surface area contributed by atoms with E-state index < -0.39 is 5.41 Å². The molecule has 1 aliphatic heterocycles. The summed E-state index contributed by atoms with van der Waals surface area (Å²) in [7, 11) is 0. The van der Waals surface area contributed by atoms with Gasteiger partial charge in [0.05, 0.1) is 5.41 Å². The fourth-order valence-electron chi connectivity index (χ4n) is 9.16. The van der Waals surface area contributed by atoms with Crippen molar-refractivity contribution in [1.82, 2.24) is 15.0 Å². The van der Waals surface area contributed by atoms with Gasteiger partial charge in [0, 0.05) is 48.0 Å². The molecule has 4 nitrogen and oxygen atoms in total. The zero-order valence-electron chi connectivity index (χ0n) is 30.6. The topological polar surface area (TPSA) is 47.9 Å². The molecule has 2 aromatic heterocycles. The van der Waals surface area contributed by atoms with E-state index in [1.165, 1.54) is 27.8 Å². The number of para-hydroxylation sites is 1. The first-order chi connectivity index (χ1) is 28.3. The Morgan fingerprint density at radius 3 is 1.61 bits per heavy atom. The van der Waals surface area contributed by atoms with Gasteiger partial charge in [-0.25, -0.2) is 15.0 Å². The van der Waals surface area contributed by atoms with Crippen LogP contribution in [0.3, 0.4) is 0 Å². The number of nitrogens with zero attached hydrogens (tertiary/aromatic N) is 3. The van der Waals surface area contributed by atoms with Crippen molar-refractivity contribution in [3.63, 3.8) is 0 Å². The maximum absolute atomic E-state index is 7.08. The molecule has 0 amide bonds. The highest BCUT2D eigenvalue weighted by Crippen LogP contribution is 2.63. The van der Waals surface area contributed by atoms with Gasteiger partial charge in [-0.05, 0) is 51.6 Å². The Labute approximate surface area is 333 Å². The summed E-state index contributed by atoms with van der Waals surface area (Å²) in [5, 5.41) is 2.23. The van der Waals surface area contributed by atoms with Gasteiger partial charge >= 0.3 is 0 Å². The van der Waals surface area contributed by atoms with Crippen molar-refractivity contribution in [3.8, 4) is 67.9 Å². The molecule has 0 bridgehead atoms. The van der Waals surface area contributed by atoms with Gasteiger partial charge in [0.15, 0.2) is 17.5 Å². The highest BCUT2D eigenvalue weighted by molar-refractivity contribution is 7.26. The molecule has 0 saturated carbocycles. The molecule has 266 valence electrons. The summed E-state index contributed by atoms with van der Waals surface area (Å²) in [5.41, 5.74) is 12.0. The number of fused-ring (bicyclic) bond motifs is 13. The zero-order valence-corrected chi connectivity index (χ0v) is 31.4. The Bertz CT molecular complexity index is 3160. The molecule has 0 atom stereocenters. The van der Waals surface area contributed by atoms with Crippen LogP contribution in [0.1, 0.15) is 22.3 Å². The number of ether oxygens (including phenoxy) is 1. The van der Waals surface area contributed by atoms with E-state index in [0.717, 1.165) is 65.1 Å². The smallest absolute Gasteiger partial charge is 0.165 e. The summed E-state index contributed by atoms with van der Waals surface area (Å²) in [6.07, 6.45) is 0. The molecule has 1 aliphatic carbocycles. The van der Waals surface area contributed by atoms with Crippen molar-refractivity contribution in [1.29, 1.82) is 0 Å². The Morgan fingerprint density at radius 2 is 0.912 bits per heavy atom. The van der Waals surface area contributed by atoms with Crippen LogP contribution >= 0.6 is 11.3 Å². The van der Waals surface area contributed by atoms with E-state index in [1.807, 2.05) is 24.3 Å². The van der Waals surface area contributed by atoms with Gasteiger partial charge in [-0.1, -0.05) is 170 Å². The molecular weight excluding hydrogens is 715 g/mol. The van der Waals surface area contributed by atoms with Crippen LogP contribution < -0.4 is 4.74 Å². The monoisotopic (exact) mass is 745 g/mol. The third-order valence-electron chi connectivity index (χ3n) is 11.6. The highest BCUT2D eigenvalue weighted by atomic mass is 32.1. The van der Waals surface area contributed by atoms with Crippen LogP contribution in [0.15, 0.2) is 188 Å². The average molecular weight is 746 g/mol. The lowest BCUT2D eigenvalue weighted by Crippen LogP contribution is -2.32. The second-order valence-corrected chi connectivity index (χ2v) is 15.7. The summed E-state index contributed by atoms with van der Waals surface area (Å²) in [4.78, 5) is 15.4. The number of thiophene rings is 1. The Hall–Kier alpha value is -7.21. The van der Waals surface area contributed by atoms with Crippen LogP contribution in [-0.4, -0.2) is 15.0 Å². The molecule has 0 unspecified atom stereocenters. The second-order valence-electron chi connectivity index (χ2n) is 14.7. The van der Waals surface area contributed by atoms with Gasteiger partial charge in [0.2, 0.25) is 0 Å². The third kappa shape index (κ3) is 4.70. The molecule has 57 heavy (non-hydrogen) atoms. The fraction of sp³-hybridized carbons (Fsp3) is 0.0192. The first kappa shape index (κ1) is 32.1. The lowest BCUT2D eigenvalue weighted by atomic mass is 9.66. The van der Waals surface area contributed by atoms with E-state index in [1.54, 1.807) is 11.3 Å². The predicted molar refractivity (Wildman–Crippen MR) is 232 cm³/mol. The summed E-state index contributed by atoms with van der Waals surface area (Å²) in [6.45, 7) is 0. The van der Waals surface area contributed by atoms with E-state index in [0.29, 0.717) is 17.5 Å². The van der Waals surface area contributed by atoms with Crippen molar-refractivity contribution in [2.45, 2.75) is 5.41 Å². The van der Waals surface area contributed by atoms with Gasteiger partial charge in [-0.2, -0.15) is 0 Å². The molecule has 0 N–H and O–H groups in total. The predicted octanol–water partition coefficient (Wildman–Crippen LogP) is 13.4. The molecule has 3 heterocycles. The average Bonchev–Trinajstić information content (AvgIpc) is 3.82. The van der Waals surface area contributed by atoms with E-state index in [2.05, 4.69) is 164 Å². The molecule has 12 rings (SSSR count). The van der Waals surface area contributed by atoms with Crippen LogP contribution in [0.25, 0.3) is 76.6 Å². The van der Waals surface area contributed by atoms with Crippen molar-refractivity contribution >= 4 is 31.5 Å². The summed E-state index contributed by atoms with van der Waals surface area (Å²) >= 11 is 1.76. The van der Waals surface area contributed by atoms with Crippen molar-refractivity contribution < 1.29 is 4.74 Å². The molecule has 0 saturated heterocycles. The fourth-order valence-corrected chi connectivity index (χ4v) is 10.4. The molecule has 5 heteroatoms. The number of aromatic nitrogens is 3. The first-order valence-electron chi connectivity index (χ1n) is 19.2. The molecule has 1 spiro atoms. The molecule has 8 aromatic carbocycles. The number of rotatable bonds is 4.